The van der Waals surface area contributed by atoms with Gasteiger partial charge in [-0.2, -0.15) is 0 Å². The largest absolute Gasteiger partial charge is 0.497 e. The lowest BCUT2D eigenvalue weighted by Gasteiger charge is -2.17. The van der Waals surface area contributed by atoms with Crippen LogP contribution in [0.5, 0.6) is 5.75 Å². The molecule has 1 aromatic carbocycles. The topological polar surface area (TPSA) is 34.1 Å². The highest BCUT2D eigenvalue weighted by Gasteiger charge is 2.23. The smallest absolute Gasteiger partial charge is 0.133 e. The van der Waals surface area contributed by atoms with Gasteiger partial charge in [-0.15, -0.1) is 0 Å². The van der Waals surface area contributed by atoms with Crippen molar-refractivity contribution in [2.24, 2.45) is 11.8 Å². The van der Waals surface area contributed by atoms with E-state index < -0.39 is 0 Å². The minimum Gasteiger partial charge on any atom is -0.497 e. The Morgan fingerprint density at radius 2 is 2.20 bits per heavy atom. The number of ether oxygens (including phenoxy) is 1. The van der Waals surface area contributed by atoms with E-state index in [2.05, 4.69) is 29.4 Å². The van der Waals surface area contributed by atoms with Gasteiger partial charge in [-0.25, -0.2) is 4.98 Å². The summed E-state index contributed by atoms with van der Waals surface area (Å²) in [6.45, 7) is 3.39. The predicted octanol–water partition coefficient (Wildman–Crippen LogP) is 4.09. The molecule has 20 heavy (non-hydrogen) atoms. The van der Waals surface area contributed by atoms with E-state index >= 15 is 0 Å². The first-order valence-corrected chi connectivity index (χ1v) is 7.44. The zero-order valence-corrected chi connectivity index (χ0v) is 12.2. The molecule has 1 N–H and O–H groups in total. The van der Waals surface area contributed by atoms with Crippen molar-refractivity contribution in [3.63, 3.8) is 0 Å². The highest BCUT2D eigenvalue weighted by Crippen LogP contribution is 2.32. The van der Waals surface area contributed by atoms with Gasteiger partial charge in [0.05, 0.1) is 7.11 Å². The molecule has 0 spiro atoms. The normalized spacial score (nSPS) is 22.1. The maximum atomic E-state index is 5.28. The maximum absolute atomic E-state index is 5.28. The molecule has 0 radical (unpaired) electrons. The second-order valence-electron chi connectivity index (χ2n) is 5.80. The van der Waals surface area contributed by atoms with Crippen molar-refractivity contribution >= 4 is 16.6 Å². The van der Waals surface area contributed by atoms with Crippen molar-refractivity contribution in [2.45, 2.75) is 26.2 Å². The highest BCUT2D eigenvalue weighted by molar-refractivity contribution is 5.92. The van der Waals surface area contributed by atoms with Crippen LogP contribution in [0.2, 0.25) is 0 Å². The van der Waals surface area contributed by atoms with E-state index in [1.54, 1.807) is 7.11 Å². The summed E-state index contributed by atoms with van der Waals surface area (Å²) < 4.78 is 5.28. The molecule has 106 valence electrons. The van der Waals surface area contributed by atoms with Crippen LogP contribution in [0.4, 0.5) is 5.82 Å². The summed E-state index contributed by atoms with van der Waals surface area (Å²) >= 11 is 0. The van der Waals surface area contributed by atoms with Gasteiger partial charge >= 0.3 is 0 Å². The van der Waals surface area contributed by atoms with Crippen LogP contribution >= 0.6 is 0 Å². The molecule has 0 amide bonds. The zero-order chi connectivity index (χ0) is 13.9. The quantitative estimate of drug-likeness (QED) is 0.908. The van der Waals surface area contributed by atoms with Gasteiger partial charge < -0.3 is 10.1 Å². The van der Waals surface area contributed by atoms with Crippen LogP contribution < -0.4 is 10.1 Å². The van der Waals surface area contributed by atoms with E-state index in [4.69, 9.17) is 4.74 Å². The summed E-state index contributed by atoms with van der Waals surface area (Å²) in [6.07, 6.45) is 5.94. The first kappa shape index (κ1) is 13.2. The van der Waals surface area contributed by atoms with Gasteiger partial charge in [0.2, 0.25) is 0 Å². The molecule has 2 unspecified atom stereocenters. The van der Waals surface area contributed by atoms with Crippen molar-refractivity contribution in [3.8, 4) is 5.75 Å². The molecule has 3 nitrogen and oxygen atoms in total. The molecule has 1 aliphatic rings. The van der Waals surface area contributed by atoms with Crippen molar-refractivity contribution in [1.29, 1.82) is 0 Å². The fourth-order valence-electron chi connectivity index (χ4n) is 3.18. The molecule has 1 aliphatic carbocycles. The Morgan fingerprint density at radius 3 is 2.95 bits per heavy atom. The van der Waals surface area contributed by atoms with Crippen LogP contribution in [0.15, 0.2) is 30.5 Å². The van der Waals surface area contributed by atoms with Gasteiger partial charge in [-0.05, 0) is 47.9 Å². The first-order chi connectivity index (χ1) is 9.78. The van der Waals surface area contributed by atoms with E-state index in [1.165, 1.54) is 30.0 Å². The van der Waals surface area contributed by atoms with Gasteiger partial charge in [0.1, 0.15) is 11.6 Å². The number of anilines is 1. The lowest BCUT2D eigenvalue weighted by Crippen LogP contribution is -2.17. The van der Waals surface area contributed by atoms with Crippen LogP contribution in [0.25, 0.3) is 10.8 Å². The molecule has 1 fully saturated rings. The molecule has 3 rings (SSSR count). The second-order valence-corrected chi connectivity index (χ2v) is 5.80. The third-order valence-electron chi connectivity index (χ3n) is 4.54. The Balaban J connectivity index is 1.80. The van der Waals surface area contributed by atoms with Crippen molar-refractivity contribution < 1.29 is 4.74 Å². The fourth-order valence-corrected chi connectivity index (χ4v) is 3.18. The number of fused-ring (bicyclic) bond motifs is 1. The maximum Gasteiger partial charge on any atom is 0.133 e. The van der Waals surface area contributed by atoms with Crippen molar-refractivity contribution in [3.05, 3.63) is 30.5 Å². The van der Waals surface area contributed by atoms with Crippen LogP contribution in [0.3, 0.4) is 0 Å². The number of pyridine rings is 1. The Bertz CT molecular complexity index is 597. The Hall–Kier alpha value is -1.77. The van der Waals surface area contributed by atoms with Gasteiger partial charge in [0, 0.05) is 18.1 Å². The molecule has 1 saturated carbocycles. The first-order valence-electron chi connectivity index (χ1n) is 7.44. The molecule has 0 saturated heterocycles. The van der Waals surface area contributed by atoms with Gasteiger partial charge in [-0.1, -0.05) is 19.8 Å². The number of methoxy groups -OCH3 is 1. The number of nitrogens with zero attached hydrogens (tertiary/aromatic N) is 1. The fraction of sp³-hybridized carbons (Fsp3) is 0.471. The van der Waals surface area contributed by atoms with Crippen LogP contribution in [-0.2, 0) is 0 Å². The van der Waals surface area contributed by atoms with Crippen molar-refractivity contribution in [1.82, 2.24) is 4.98 Å². The summed E-state index contributed by atoms with van der Waals surface area (Å²) in [5.41, 5.74) is 0. The molecule has 2 aromatic rings. The zero-order valence-electron chi connectivity index (χ0n) is 12.2. The van der Waals surface area contributed by atoms with E-state index in [0.717, 1.165) is 29.9 Å². The minimum atomic E-state index is 0.783. The van der Waals surface area contributed by atoms with Crippen molar-refractivity contribution in [2.75, 3.05) is 19.0 Å². The summed E-state index contributed by atoms with van der Waals surface area (Å²) in [6, 6.07) is 8.16. The summed E-state index contributed by atoms with van der Waals surface area (Å²) in [5, 5.41) is 5.88. The molecule has 2 atom stereocenters. The summed E-state index contributed by atoms with van der Waals surface area (Å²) in [4.78, 5) is 4.50. The Labute approximate surface area is 120 Å². The highest BCUT2D eigenvalue weighted by atomic mass is 16.5. The summed E-state index contributed by atoms with van der Waals surface area (Å²) in [7, 11) is 1.70. The van der Waals surface area contributed by atoms with Crippen LogP contribution in [0, 0.1) is 11.8 Å². The van der Waals surface area contributed by atoms with Gasteiger partial charge in [0.15, 0.2) is 0 Å². The third kappa shape index (κ3) is 2.58. The summed E-state index contributed by atoms with van der Waals surface area (Å²) in [5.74, 6) is 3.49. The third-order valence-corrected chi connectivity index (χ3v) is 4.54. The van der Waals surface area contributed by atoms with Crippen LogP contribution in [-0.4, -0.2) is 18.6 Å². The predicted molar refractivity (Wildman–Crippen MR) is 83.3 cm³/mol. The van der Waals surface area contributed by atoms with Gasteiger partial charge in [0.25, 0.3) is 0 Å². The van der Waals surface area contributed by atoms with E-state index in [1.807, 2.05) is 18.3 Å². The molecular weight excluding hydrogens is 248 g/mol. The Kier molecular flexibility index (Phi) is 3.77. The molecule has 3 heteroatoms. The monoisotopic (exact) mass is 270 g/mol. The number of aromatic nitrogens is 1. The van der Waals surface area contributed by atoms with Gasteiger partial charge in [-0.3, -0.25) is 0 Å². The second kappa shape index (κ2) is 5.70. The standard InChI is InChI=1S/C17H22N2O/c1-12-4-3-5-14(12)11-19-17-16-7-6-15(20-2)10-13(16)8-9-18-17/h6-10,12,14H,3-5,11H2,1-2H3,(H,18,19). The number of nitrogens with one attached hydrogen (secondary N) is 1. The lowest BCUT2D eigenvalue weighted by atomic mass is 9.98. The lowest BCUT2D eigenvalue weighted by molar-refractivity contribution is 0.415. The molecule has 1 heterocycles. The number of rotatable bonds is 4. The van der Waals surface area contributed by atoms with E-state index in [-0.39, 0.29) is 0 Å². The molecule has 0 aliphatic heterocycles. The number of hydrogen-bond acceptors (Lipinski definition) is 3. The Morgan fingerprint density at radius 1 is 1.30 bits per heavy atom. The van der Waals surface area contributed by atoms with E-state index in [9.17, 15) is 0 Å². The minimum absolute atomic E-state index is 0.783. The number of benzene rings is 1. The molecule has 0 bridgehead atoms. The molecular formula is C17H22N2O. The van der Waals surface area contributed by atoms with Crippen LogP contribution in [0.1, 0.15) is 26.2 Å². The van der Waals surface area contributed by atoms with E-state index in [0.29, 0.717) is 0 Å². The average Bonchev–Trinajstić information content (AvgIpc) is 2.89. The number of hydrogen-bond donors (Lipinski definition) is 1. The average molecular weight is 270 g/mol. The molecule has 1 aromatic heterocycles. The SMILES string of the molecule is COc1ccc2c(NCC3CCCC3C)nccc2c1.